The number of aromatic nitrogens is 4. The van der Waals surface area contributed by atoms with Gasteiger partial charge in [0.25, 0.3) is 0 Å². The second kappa shape index (κ2) is 10.3. The summed E-state index contributed by atoms with van der Waals surface area (Å²) in [6, 6.07) is 14.8. The van der Waals surface area contributed by atoms with E-state index in [1.807, 2.05) is 36.4 Å². The fourth-order valence-electron chi connectivity index (χ4n) is 5.28. The molecule has 0 amide bonds. The number of fused-ring (bicyclic) bond motifs is 2. The molecule has 4 atom stereocenters. The second-order valence-electron chi connectivity index (χ2n) is 10.6. The predicted molar refractivity (Wildman–Crippen MR) is 142 cm³/mol. The molecule has 0 spiro atoms. The quantitative estimate of drug-likeness (QED) is 0.326. The van der Waals surface area contributed by atoms with Gasteiger partial charge in [0, 0.05) is 13.6 Å². The van der Waals surface area contributed by atoms with Gasteiger partial charge in [0.1, 0.15) is 30.5 Å². The number of benzene rings is 2. The first-order chi connectivity index (χ1) is 18.8. The monoisotopic (exact) mass is 533 g/mol. The fraction of sp³-hybridized carbons (Fsp3) is 0.414. The number of nitrogens with zero attached hydrogens (tertiary/aromatic N) is 5. The number of hydrogen-bond acceptors (Lipinski definition) is 8. The van der Waals surface area contributed by atoms with Crippen molar-refractivity contribution in [1.82, 2.24) is 19.5 Å². The Morgan fingerprint density at radius 1 is 1.03 bits per heavy atom. The molecule has 0 unspecified atom stereocenters. The summed E-state index contributed by atoms with van der Waals surface area (Å²) in [5.41, 5.74) is 4.38. The minimum Gasteiger partial charge on any atom is -0.374 e. The van der Waals surface area contributed by atoms with Crippen molar-refractivity contribution in [3.8, 4) is 0 Å². The van der Waals surface area contributed by atoms with Gasteiger partial charge in [0.15, 0.2) is 29.0 Å². The Kier molecular flexibility index (Phi) is 6.80. The van der Waals surface area contributed by atoms with Crippen LogP contribution < -0.4 is 4.90 Å². The highest BCUT2D eigenvalue weighted by molar-refractivity contribution is 5.83. The lowest BCUT2D eigenvalue weighted by Gasteiger charge is -2.25. The Labute approximate surface area is 226 Å². The highest BCUT2D eigenvalue weighted by Crippen LogP contribution is 2.44. The molecule has 0 radical (unpaired) electrons. The third-order valence-electron chi connectivity index (χ3n) is 7.08. The van der Waals surface area contributed by atoms with Gasteiger partial charge in [0.2, 0.25) is 0 Å². The number of imidazole rings is 1. The molecule has 4 heterocycles. The van der Waals surface area contributed by atoms with E-state index in [0.717, 1.165) is 11.1 Å². The third kappa shape index (κ3) is 5.25. The third-order valence-corrected chi connectivity index (χ3v) is 7.08. The van der Waals surface area contributed by atoms with E-state index in [0.29, 0.717) is 36.7 Å². The Morgan fingerprint density at radius 2 is 1.82 bits per heavy atom. The van der Waals surface area contributed by atoms with Crippen LogP contribution in [-0.4, -0.2) is 57.3 Å². The van der Waals surface area contributed by atoms with Crippen molar-refractivity contribution in [3.05, 3.63) is 83.7 Å². The molecule has 6 rings (SSSR count). The molecule has 0 N–H and O–H groups in total. The summed E-state index contributed by atoms with van der Waals surface area (Å²) in [5.74, 6) is -0.390. The van der Waals surface area contributed by atoms with Crippen LogP contribution in [0.4, 0.5) is 10.2 Å². The largest absolute Gasteiger partial charge is 0.374 e. The van der Waals surface area contributed by atoms with Gasteiger partial charge in [-0.25, -0.2) is 19.3 Å². The maximum atomic E-state index is 13.7. The zero-order valence-electron chi connectivity index (χ0n) is 22.5. The standard InChI is InChI=1S/C29H32FN5O4/c1-18-8-10-19(11-9-18)14-36-15-22-24-25(39-29(2,3)38-24)28(37-22)35-17-33-23-26(31-16-32-27(23)35)34(4)13-20-6-5-7-21(30)12-20/h5-12,16-17,22,24-25,28H,13-15H2,1-4H3/t22-,24-,25-,28-/m1/s1. The molecule has 2 fully saturated rings. The molecular weight excluding hydrogens is 501 g/mol. The maximum absolute atomic E-state index is 13.7. The normalized spacial score (nSPS) is 23.8. The van der Waals surface area contributed by atoms with E-state index < -0.39 is 12.0 Å². The number of ether oxygens (including phenoxy) is 4. The van der Waals surface area contributed by atoms with Crippen LogP contribution in [0.25, 0.3) is 11.2 Å². The number of anilines is 1. The predicted octanol–water partition coefficient (Wildman–Crippen LogP) is 4.54. The molecule has 0 aliphatic carbocycles. The van der Waals surface area contributed by atoms with Crippen molar-refractivity contribution in [2.45, 2.75) is 64.2 Å². The van der Waals surface area contributed by atoms with E-state index in [9.17, 15) is 4.39 Å². The van der Waals surface area contributed by atoms with Crippen LogP contribution in [0.15, 0.2) is 61.2 Å². The van der Waals surface area contributed by atoms with E-state index in [1.54, 1.807) is 12.4 Å². The van der Waals surface area contributed by atoms with Crippen LogP contribution in [0.3, 0.4) is 0 Å². The highest BCUT2D eigenvalue weighted by atomic mass is 19.1. The van der Waals surface area contributed by atoms with Gasteiger partial charge in [-0.05, 0) is 44.0 Å². The van der Waals surface area contributed by atoms with E-state index in [4.69, 9.17) is 18.9 Å². The molecule has 4 aromatic rings. The van der Waals surface area contributed by atoms with Crippen LogP contribution in [0.5, 0.6) is 0 Å². The molecule has 2 aromatic heterocycles. The van der Waals surface area contributed by atoms with Gasteiger partial charge in [-0.2, -0.15) is 0 Å². The summed E-state index contributed by atoms with van der Waals surface area (Å²) < 4.78 is 40.6. The summed E-state index contributed by atoms with van der Waals surface area (Å²) in [6.07, 6.45) is 1.69. The number of rotatable bonds is 8. The molecule has 2 aliphatic rings. The van der Waals surface area contributed by atoms with Crippen molar-refractivity contribution < 1.29 is 23.3 Å². The van der Waals surface area contributed by atoms with Gasteiger partial charge >= 0.3 is 0 Å². The van der Waals surface area contributed by atoms with Gasteiger partial charge in [-0.3, -0.25) is 4.57 Å². The van der Waals surface area contributed by atoms with Crippen molar-refractivity contribution in [1.29, 1.82) is 0 Å². The maximum Gasteiger partial charge on any atom is 0.167 e. The molecule has 10 heteroatoms. The molecule has 0 bridgehead atoms. The van der Waals surface area contributed by atoms with E-state index in [-0.39, 0.29) is 24.1 Å². The number of hydrogen-bond donors (Lipinski definition) is 0. The lowest BCUT2D eigenvalue weighted by molar-refractivity contribution is -0.202. The van der Waals surface area contributed by atoms with Crippen molar-refractivity contribution in [3.63, 3.8) is 0 Å². The van der Waals surface area contributed by atoms with Crippen molar-refractivity contribution in [2.24, 2.45) is 0 Å². The number of aryl methyl sites for hydroxylation is 1. The Balaban J connectivity index is 1.22. The summed E-state index contributed by atoms with van der Waals surface area (Å²) in [7, 11) is 1.89. The van der Waals surface area contributed by atoms with Crippen LogP contribution in [0, 0.1) is 12.7 Å². The van der Waals surface area contributed by atoms with Crippen LogP contribution >= 0.6 is 0 Å². The Bertz CT molecular complexity index is 1460. The van der Waals surface area contributed by atoms with E-state index in [2.05, 4.69) is 46.1 Å². The molecule has 2 saturated heterocycles. The Morgan fingerprint density at radius 3 is 2.62 bits per heavy atom. The highest BCUT2D eigenvalue weighted by Gasteiger charge is 2.56. The average molecular weight is 534 g/mol. The summed E-state index contributed by atoms with van der Waals surface area (Å²) in [4.78, 5) is 15.6. The molecular formula is C29H32FN5O4. The minimum absolute atomic E-state index is 0.273. The summed E-state index contributed by atoms with van der Waals surface area (Å²) >= 11 is 0. The Hall–Kier alpha value is -3.44. The molecule has 0 saturated carbocycles. The van der Waals surface area contributed by atoms with Crippen molar-refractivity contribution >= 4 is 17.0 Å². The zero-order valence-corrected chi connectivity index (χ0v) is 22.5. The lowest BCUT2D eigenvalue weighted by atomic mass is 10.1. The summed E-state index contributed by atoms with van der Waals surface area (Å²) in [6.45, 7) is 7.17. The first-order valence-corrected chi connectivity index (χ1v) is 13.0. The number of halogens is 1. The van der Waals surface area contributed by atoms with E-state index in [1.165, 1.54) is 24.0 Å². The molecule has 9 nitrogen and oxygen atoms in total. The van der Waals surface area contributed by atoms with Gasteiger partial charge < -0.3 is 23.8 Å². The van der Waals surface area contributed by atoms with Crippen molar-refractivity contribution in [2.75, 3.05) is 18.6 Å². The van der Waals surface area contributed by atoms with Gasteiger partial charge in [-0.1, -0.05) is 42.0 Å². The van der Waals surface area contributed by atoms with Gasteiger partial charge in [0.05, 0.1) is 19.5 Å². The fourth-order valence-corrected chi connectivity index (χ4v) is 5.28. The topological polar surface area (TPSA) is 83.8 Å². The second-order valence-corrected chi connectivity index (χ2v) is 10.6. The van der Waals surface area contributed by atoms with Crippen LogP contribution in [0.1, 0.15) is 36.8 Å². The molecule has 2 aromatic carbocycles. The minimum atomic E-state index is -0.756. The molecule has 39 heavy (non-hydrogen) atoms. The first kappa shape index (κ1) is 25.8. The lowest BCUT2D eigenvalue weighted by Crippen LogP contribution is -2.32. The summed E-state index contributed by atoms with van der Waals surface area (Å²) in [5, 5.41) is 0. The van der Waals surface area contributed by atoms with E-state index >= 15 is 0 Å². The van der Waals surface area contributed by atoms with Crippen LogP contribution in [-0.2, 0) is 32.1 Å². The zero-order chi connectivity index (χ0) is 27.1. The SMILES string of the molecule is Cc1ccc(COC[C@H]2O[C@@H](n3cnc4c(N(C)Cc5cccc(F)c5)ncnc43)[C@@H]3OC(C)(C)O[C@@H]32)cc1. The van der Waals surface area contributed by atoms with Crippen LogP contribution in [0.2, 0.25) is 0 Å². The molecule has 2 aliphatic heterocycles. The average Bonchev–Trinajstić information content (AvgIpc) is 3.56. The smallest absolute Gasteiger partial charge is 0.167 e. The molecule has 204 valence electrons. The van der Waals surface area contributed by atoms with Gasteiger partial charge in [-0.15, -0.1) is 0 Å². The first-order valence-electron chi connectivity index (χ1n) is 13.0.